The molecule has 0 bridgehead atoms. The predicted octanol–water partition coefficient (Wildman–Crippen LogP) is 4.63. The van der Waals surface area contributed by atoms with Crippen molar-refractivity contribution in [2.45, 2.75) is 82.8 Å². The Kier molecular flexibility index (Phi) is 4.94. The van der Waals surface area contributed by atoms with Gasteiger partial charge in [0.25, 0.3) is 5.89 Å². The Morgan fingerprint density at radius 3 is 2.67 bits per heavy atom. The lowest BCUT2D eigenvalue weighted by Gasteiger charge is -2.32. The summed E-state index contributed by atoms with van der Waals surface area (Å²) in [6.45, 7) is 1.66. The van der Waals surface area contributed by atoms with Gasteiger partial charge in [0.15, 0.2) is 11.5 Å². The van der Waals surface area contributed by atoms with Crippen molar-refractivity contribution in [3.63, 3.8) is 0 Å². The maximum Gasteiger partial charge on any atom is 0.331 e. The minimum atomic E-state index is -1.45. The number of aryl methyl sites for hydroxylation is 1. The van der Waals surface area contributed by atoms with E-state index >= 15 is 0 Å². The van der Waals surface area contributed by atoms with E-state index in [1.165, 1.54) is 10.4 Å². The third kappa shape index (κ3) is 3.56. The molecule has 3 aliphatic carbocycles. The minimum absolute atomic E-state index is 0.329. The molecule has 2 aromatic heterocycles. The second kappa shape index (κ2) is 7.50. The quantitative estimate of drug-likeness (QED) is 0.575. The molecule has 3 N–H and O–H groups in total. The molecular formula is C22H27N3O4S. The summed E-state index contributed by atoms with van der Waals surface area (Å²) in [5.41, 5.74) is 1.57. The first-order chi connectivity index (χ1) is 14.4. The van der Waals surface area contributed by atoms with E-state index in [2.05, 4.69) is 15.5 Å². The van der Waals surface area contributed by atoms with Crippen molar-refractivity contribution in [2.24, 2.45) is 0 Å². The number of hydrogen-bond donors (Lipinski definition) is 3. The molecule has 0 amide bonds. The molecule has 0 radical (unpaired) electrons. The molecular weight excluding hydrogens is 402 g/mol. The maximum atomic E-state index is 11.8. The third-order valence-corrected chi connectivity index (χ3v) is 7.65. The normalized spacial score (nSPS) is 21.3. The van der Waals surface area contributed by atoms with Crippen molar-refractivity contribution >= 4 is 22.3 Å². The summed E-state index contributed by atoms with van der Waals surface area (Å²) in [4.78, 5) is 17.7. The first-order valence-electron chi connectivity index (χ1n) is 10.9. The van der Waals surface area contributed by atoms with E-state index in [1.807, 2.05) is 0 Å². The van der Waals surface area contributed by atoms with Gasteiger partial charge in [-0.1, -0.05) is 5.16 Å². The Balaban J connectivity index is 1.55. The first kappa shape index (κ1) is 19.8. The molecule has 2 aromatic rings. The highest BCUT2D eigenvalue weighted by atomic mass is 32.1. The van der Waals surface area contributed by atoms with Crippen LogP contribution in [-0.2, 0) is 17.6 Å². The van der Waals surface area contributed by atoms with Gasteiger partial charge in [0.2, 0.25) is 0 Å². The summed E-state index contributed by atoms with van der Waals surface area (Å²) in [7, 11) is 0. The molecule has 0 saturated heterocycles. The fourth-order valence-electron chi connectivity index (χ4n) is 4.70. The van der Waals surface area contributed by atoms with E-state index in [1.54, 1.807) is 18.3 Å². The van der Waals surface area contributed by atoms with Gasteiger partial charge >= 0.3 is 5.97 Å². The van der Waals surface area contributed by atoms with E-state index in [-0.39, 0.29) is 0 Å². The van der Waals surface area contributed by atoms with Gasteiger partial charge in [-0.2, -0.15) is 4.98 Å². The van der Waals surface area contributed by atoms with Gasteiger partial charge in [-0.05, 0) is 82.3 Å². The molecule has 1 unspecified atom stereocenters. The minimum Gasteiger partial charge on any atom is -0.478 e. The number of thiophene rings is 1. The Morgan fingerprint density at radius 2 is 1.90 bits per heavy atom. The lowest BCUT2D eigenvalue weighted by Crippen LogP contribution is -2.39. The summed E-state index contributed by atoms with van der Waals surface area (Å²) >= 11 is 1.62. The molecule has 1 atom stereocenters. The molecule has 7 nitrogen and oxygen atoms in total. The zero-order valence-electron chi connectivity index (χ0n) is 17.2. The largest absolute Gasteiger partial charge is 0.478 e. The number of nitrogens with zero attached hydrogens (tertiary/aromatic N) is 2. The van der Waals surface area contributed by atoms with Crippen LogP contribution in [0.3, 0.4) is 0 Å². The standard InChI is InChI=1S/C22H27N3O4S/c1-22(28,15-8-4-2-6-13(15)21(26)27)24-20-17(14-7-3-5-9-16(14)30-20)19-23-18(25-29-19)12-10-11-12/h12,24,28H,2-11H2,1H3,(H,26,27). The Bertz CT molecular complexity index is 1020. The average molecular weight is 430 g/mol. The molecule has 1 fully saturated rings. The molecule has 0 aliphatic heterocycles. The van der Waals surface area contributed by atoms with E-state index in [9.17, 15) is 15.0 Å². The van der Waals surface area contributed by atoms with Gasteiger partial charge in [0.05, 0.1) is 5.56 Å². The average Bonchev–Trinajstić information content (AvgIpc) is 3.36. The number of aliphatic carboxylic acids is 1. The molecule has 160 valence electrons. The van der Waals surface area contributed by atoms with E-state index in [0.717, 1.165) is 67.8 Å². The van der Waals surface area contributed by atoms with Crippen LogP contribution >= 0.6 is 11.3 Å². The topological polar surface area (TPSA) is 108 Å². The Hall–Kier alpha value is -2.19. The van der Waals surface area contributed by atoms with Crippen LogP contribution < -0.4 is 5.32 Å². The SMILES string of the molecule is CC(O)(Nc1sc2c(c1-c1nc(C3CC3)no1)CCCC2)C1=C(C(=O)O)CCCC1. The number of rotatable bonds is 6. The van der Waals surface area contributed by atoms with Crippen LogP contribution in [-0.4, -0.2) is 32.0 Å². The van der Waals surface area contributed by atoms with Gasteiger partial charge in [0.1, 0.15) is 5.00 Å². The number of aliphatic hydroxyl groups is 1. The summed E-state index contributed by atoms with van der Waals surface area (Å²) < 4.78 is 5.65. The second-order valence-corrected chi connectivity index (χ2v) is 9.92. The fourth-order valence-corrected chi connectivity index (χ4v) is 6.08. The molecule has 3 aliphatic rings. The molecule has 2 heterocycles. The first-order valence-corrected chi connectivity index (χ1v) is 11.7. The van der Waals surface area contributed by atoms with Crippen LogP contribution in [0.4, 0.5) is 5.00 Å². The smallest absolute Gasteiger partial charge is 0.331 e. The van der Waals surface area contributed by atoms with Crippen molar-refractivity contribution in [1.82, 2.24) is 10.1 Å². The number of fused-ring (bicyclic) bond motifs is 1. The van der Waals surface area contributed by atoms with E-state index < -0.39 is 11.7 Å². The summed E-state index contributed by atoms with van der Waals surface area (Å²) in [5.74, 6) is 0.734. The van der Waals surface area contributed by atoms with Crippen molar-refractivity contribution in [3.05, 3.63) is 27.4 Å². The number of carboxylic acids is 1. The predicted molar refractivity (Wildman–Crippen MR) is 114 cm³/mol. The van der Waals surface area contributed by atoms with Crippen molar-refractivity contribution in [3.8, 4) is 11.5 Å². The number of carbonyl (C=O) groups is 1. The van der Waals surface area contributed by atoms with E-state index in [4.69, 9.17) is 4.52 Å². The summed E-state index contributed by atoms with van der Waals surface area (Å²) in [6, 6.07) is 0. The zero-order valence-corrected chi connectivity index (χ0v) is 18.0. The van der Waals surface area contributed by atoms with Gasteiger partial charge in [-0.3, -0.25) is 0 Å². The maximum absolute atomic E-state index is 11.8. The van der Waals surface area contributed by atoms with Crippen LogP contribution in [0.5, 0.6) is 0 Å². The van der Waals surface area contributed by atoms with Gasteiger partial charge < -0.3 is 20.1 Å². The third-order valence-electron chi connectivity index (χ3n) is 6.44. The highest BCUT2D eigenvalue weighted by Gasteiger charge is 2.36. The molecule has 1 saturated carbocycles. The molecule has 0 aromatic carbocycles. The lowest BCUT2D eigenvalue weighted by molar-refractivity contribution is -0.133. The highest BCUT2D eigenvalue weighted by molar-refractivity contribution is 7.17. The van der Waals surface area contributed by atoms with E-state index in [0.29, 0.717) is 35.8 Å². The molecule has 0 spiro atoms. The van der Waals surface area contributed by atoms with Crippen LogP contribution in [0.15, 0.2) is 15.7 Å². The number of hydrogen-bond acceptors (Lipinski definition) is 7. The molecule has 5 rings (SSSR count). The van der Waals surface area contributed by atoms with Crippen LogP contribution in [0, 0.1) is 0 Å². The van der Waals surface area contributed by atoms with Gasteiger partial charge in [-0.25, -0.2) is 4.79 Å². The van der Waals surface area contributed by atoms with Gasteiger partial charge in [0, 0.05) is 16.4 Å². The Labute approximate surface area is 179 Å². The van der Waals surface area contributed by atoms with Crippen molar-refractivity contribution in [1.29, 1.82) is 0 Å². The van der Waals surface area contributed by atoms with Crippen molar-refractivity contribution in [2.75, 3.05) is 5.32 Å². The highest BCUT2D eigenvalue weighted by Crippen LogP contribution is 2.47. The zero-order chi connectivity index (χ0) is 20.9. The van der Waals surface area contributed by atoms with Crippen LogP contribution in [0.2, 0.25) is 0 Å². The molecule has 30 heavy (non-hydrogen) atoms. The van der Waals surface area contributed by atoms with Gasteiger partial charge in [-0.15, -0.1) is 11.3 Å². The number of aromatic nitrogens is 2. The fraction of sp³-hybridized carbons (Fsp3) is 0.591. The molecule has 8 heteroatoms. The second-order valence-electron chi connectivity index (χ2n) is 8.81. The van der Waals surface area contributed by atoms with Crippen LogP contribution in [0.25, 0.3) is 11.5 Å². The summed E-state index contributed by atoms with van der Waals surface area (Å²) in [6.07, 6.45) is 9.22. The summed E-state index contributed by atoms with van der Waals surface area (Å²) in [5, 5.41) is 29.2. The van der Waals surface area contributed by atoms with Crippen molar-refractivity contribution < 1.29 is 19.5 Å². The number of nitrogens with one attached hydrogen (secondary N) is 1. The number of carboxylic acid groups (broad SMARTS) is 1. The number of anilines is 1. The van der Waals surface area contributed by atoms with Crippen LogP contribution in [0.1, 0.15) is 80.5 Å². The lowest BCUT2D eigenvalue weighted by atomic mass is 9.86. The Morgan fingerprint density at radius 1 is 1.17 bits per heavy atom. The monoisotopic (exact) mass is 429 g/mol.